The summed E-state index contributed by atoms with van der Waals surface area (Å²) in [6, 6.07) is 8.12. The summed E-state index contributed by atoms with van der Waals surface area (Å²) < 4.78 is 5.42. The molecule has 86 valence electrons. The summed E-state index contributed by atoms with van der Waals surface area (Å²) in [5, 5.41) is 9.11. The standard InChI is InChI=1S/C14H18O2/c1-11(15)10-16-14-8-6-13(7-9-14)12-4-2-3-5-12/h4,6-9,11,15H,2-3,5,10H2,1H3. The zero-order chi connectivity index (χ0) is 11.4. The van der Waals surface area contributed by atoms with E-state index in [-0.39, 0.29) is 0 Å². The number of aliphatic hydroxyl groups is 1. The lowest BCUT2D eigenvalue weighted by Crippen LogP contribution is -2.12. The van der Waals surface area contributed by atoms with Gasteiger partial charge in [0.1, 0.15) is 12.4 Å². The summed E-state index contributed by atoms with van der Waals surface area (Å²) in [5.41, 5.74) is 2.74. The first-order chi connectivity index (χ1) is 7.75. The molecule has 0 bridgehead atoms. The molecule has 0 saturated heterocycles. The minimum absolute atomic E-state index is 0.349. The van der Waals surface area contributed by atoms with Crippen LogP contribution in [0.2, 0.25) is 0 Å². The molecule has 16 heavy (non-hydrogen) atoms. The van der Waals surface area contributed by atoms with Gasteiger partial charge < -0.3 is 9.84 Å². The fourth-order valence-electron chi connectivity index (χ4n) is 1.92. The molecule has 1 unspecified atom stereocenters. The smallest absolute Gasteiger partial charge is 0.119 e. The molecule has 1 aromatic carbocycles. The quantitative estimate of drug-likeness (QED) is 0.841. The van der Waals surface area contributed by atoms with Crippen molar-refractivity contribution in [2.45, 2.75) is 32.3 Å². The highest BCUT2D eigenvalue weighted by atomic mass is 16.5. The molecule has 2 heteroatoms. The number of hydrogen-bond acceptors (Lipinski definition) is 2. The van der Waals surface area contributed by atoms with Crippen LogP contribution in [0.5, 0.6) is 5.75 Å². The van der Waals surface area contributed by atoms with Gasteiger partial charge in [0, 0.05) is 0 Å². The van der Waals surface area contributed by atoms with Gasteiger partial charge in [0.25, 0.3) is 0 Å². The second kappa shape index (κ2) is 5.17. The molecule has 0 heterocycles. The predicted molar refractivity (Wildman–Crippen MR) is 65.4 cm³/mol. The second-order valence-electron chi connectivity index (χ2n) is 4.31. The van der Waals surface area contributed by atoms with Crippen LogP contribution in [0.25, 0.3) is 5.57 Å². The number of ether oxygens (including phenoxy) is 1. The summed E-state index contributed by atoms with van der Waals surface area (Å²) in [6.45, 7) is 2.07. The number of rotatable bonds is 4. The Hall–Kier alpha value is -1.28. The molecular formula is C14H18O2. The molecule has 0 spiro atoms. The van der Waals surface area contributed by atoms with Crippen LogP contribution < -0.4 is 4.74 Å². The Labute approximate surface area is 96.6 Å². The Balaban J connectivity index is 1.99. The van der Waals surface area contributed by atoms with Gasteiger partial charge in [-0.15, -0.1) is 0 Å². The van der Waals surface area contributed by atoms with Crippen molar-refractivity contribution in [1.29, 1.82) is 0 Å². The molecule has 2 nitrogen and oxygen atoms in total. The highest BCUT2D eigenvalue weighted by Crippen LogP contribution is 2.28. The summed E-state index contributed by atoms with van der Waals surface area (Å²) >= 11 is 0. The molecular weight excluding hydrogens is 200 g/mol. The van der Waals surface area contributed by atoms with Crippen molar-refractivity contribution in [3.8, 4) is 5.75 Å². The van der Waals surface area contributed by atoms with E-state index in [9.17, 15) is 0 Å². The van der Waals surface area contributed by atoms with E-state index in [1.165, 1.54) is 30.4 Å². The van der Waals surface area contributed by atoms with E-state index in [2.05, 4.69) is 18.2 Å². The van der Waals surface area contributed by atoms with Crippen LogP contribution in [0.15, 0.2) is 30.3 Å². The molecule has 2 rings (SSSR count). The first-order valence-electron chi connectivity index (χ1n) is 5.86. The van der Waals surface area contributed by atoms with Gasteiger partial charge in [-0.25, -0.2) is 0 Å². The topological polar surface area (TPSA) is 29.5 Å². The third-order valence-electron chi connectivity index (χ3n) is 2.76. The maximum atomic E-state index is 9.11. The normalized spacial score (nSPS) is 17.0. The van der Waals surface area contributed by atoms with Gasteiger partial charge >= 0.3 is 0 Å². The van der Waals surface area contributed by atoms with Gasteiger partial charge in [-0.05, 0) is 49.5 Å². The van der Waals surface area contributed by atoms with Crippen LogP contribution in [-0.4, -0.2) is 17.8 Å². The largest absolute Gasteiger partial charge is 0.491 e. The van der Waals surface area contributed by atoms with Crippen LogP contribution >= 0.6 is 0 Å². The third kappa shape index (κ3) is 2.86. The van der Waals surface area contributed by atoms with Crippen LogP contribution in [0, 0.1) is 0 Å². The fraction of sp³-hybridized carbons (Fsp3) is 0.429. The highest BCUT2D eigenvalue weighted by Gasteiger charge is 2.07. The molecule has 1 atom stereocenters. The SMILES string of the molecule is CC(O)COc1ccc(C2=CCCC2)cc1. The average Bonchev–Trinajstić information content (AvgIpc) is 2.80. The van der Waals surface area contributed by atoms with Crippen LogP contribution in [0.1, 0.15) is 31.7 Å². The van der Waals surface area contributed by atoms with Crippen molar-refractivity contribution >= 4 is 5.57 Å². The van der Waals surface area contributed by atoms with Gasteiger partial charge in [0.15, 0.2) is 0 Å². The van der Waals surface area contributed by atoms with E-state index >= 15 is 0 Å². The molecule has 1 aliphatic rings. The first kappa shape index (κ1) is 11.2. The first-order valence-corrected chi connectivity index (χ1v) is 5.86. The minimum atomic E-state index is -0.419. The molecule has 1 N–H and O–H groups in total. The monoisotopic (exact) mass is 218 g/mol. The zero-order valence-electron chi connectivity index (χ0n) is 9.65. The summed E-state index contributed by atoms with van der Waals surface area (Å²) in [4.78, 5) is 0. The van der Waals surface area contributed by atoms with E-state index in [0.29, 0.717) is 6.61 Å². The molecule has 1 aromatic rings. The van der Waals surface area contributed by atoms with E-state index in [0.717, 1.165) is 5.75 Å². The maximum absolute atomic E-state index is 9.11. The Morgan fingerprint density at radius 2 is 2.06 bits per heavy atom. The zero-order valence-corrected chi connectivity index (χ0v) is 9.65. The van der Waals surface area contributed by atoms with Crippen molar-refractivity contribution in [2.75, 3.05) is 6.61 Å². The lowest BCUT2D eigenvalue weighted by molar-refractivity contribution is 0.123. The lowest BCUT2D eigenvalue weighted by Gasteiger charge is -2.09. The van der Waals surface area contributed by atoms with Gasteiger partial charge in [-0.2, -0.15) is 0 Å². The molecule has 0 saturated carbocycles. The molecule has 1 aliphatic carbocycles. The Bertz CT molecular complexity index is 363. The van der Waals surface area contributed by atoms with Gasteiger partial charge in [-0.3, -0.25) is 0 Å². The molecule has 0 fully saturated rings. The van der Waals surface area contributed by atoms with E-state index in [4.69, 9.17) is 9.84 Å². The number of allylic oxidation sites excluding steroid dienone is 2. The van der Waals surface area contributed by atoms with Crippen molar-refractivity contribution in [3.63, 3.8) is 0 Å². The summed E-state index contributed by atoms with van der Waals surface area (Å²) in [5.74, 6) is 0.822. The van der Waals surface area contributed by atoms with Gasteiger partial charge in [-0.1, -0.05) is 18.2 Å². The average molecular weight is 218 g/mol. The number of benzene rings is 1. The maximum Gasteiger partial charge on any atom is 0.119 e. The molecule has 0 aliphatic heterocycles. The third-order valence-corrected chi connectivity index (χ3v) is 2.76. The van der Waals surface area contributed by atoms with Crippen LogP contribution in [0.3, 0.4) is 0 Å². The van der Waals surface area contributed by atoms with Crippen molar-refractivity contribution < 1.29 is 9.84 Å². The summed E-state index contributed by atoms with van der Waals surface area (Å²) in [6.07, 6.45) is 5.56. The fourth-order valence-corrected chi connectivity index (χ4v) is 1.92. The lowest BCUT2D eigenvalue weighted by atomic mass is 10.1. The van der Waals surface area contributed by atoms with Crippen LogP contribution in [-0.2, 0) is 0 Å². The van der Waals surface area contributed by atoms with E-state index in [1.54, 1.807) is 6.92 Å². The van der Waals surface area contributed by atoms with Crippen LogP contribution in [0.4, 0.5) is 0 Å². The van der Waals surface area contributed by atoms with Crippen molar-refractivity contribution in [1.82, 2.24) is 0 Å². The Morgan fingerprint density at radius 3 is 2.62 bits per heavy atom. The predicted octanol–water partition coefficient (Wildman–Crippen LogP) is 3.01. The number of hydrogen-bond donors (Lipinski definition) is 1. The molecule has 0 amide bonds. The van der Waals surface area contributed by atoms with Gasteiger partial charge in [0.2, 0.25) is 0 Å². The summed E-state index contributed by atoms with van der Waals surface area (Å²) in [7, 11) is 0. The highest BCUT2D eigenvalue weighted by molar-refractivity contribution is 5.67. The van der Waals surface area contributed by atoms with Crippen molar-refractivity contribution in [3.05, 3.63) is 35.9 Å². The number of aliphatic hydroxyl groups excluding tert-OH is 1. The van der Waals surface area contributed by atoms with Gasteiger partial charge in [0.05, 0.1) is 6.10 Å². The van der Waals surface area contributed by atoms with Crippen molar-refractivity contribution in [2.24, 2.45) is 0 Å². The van der Waals surface area contributed by atoms with E-state index < -0.39 is 6.10 Å². The van der Waals surface area contributed by atoms with E-state index in [1.807, 2.05) is 12.1 Å². The second-order valence-corrected chi connectivity index (χ2v) is 4.31. The molecule has 0 aromatic heterocycles. The Morgan fingerprint density at radius 1 is 1.31 bits per heavy atom. The molecule has 0 radical (unpaired) electrons. The minimum Gasteiger partial charge on any atom is -0.491 e. The Kier molecular flexibility index (Phi) is 3.62.